The van der Waals surface area contributed by atoms with E-state index in [1.54, 1.807) is 17.0 Å². The molecule has 1 atom stereocenters. The van der Waals surface area contributed by atoms with Crippen LogP contribution in [0.2, 0.25) is 0 Å². The van der Waals surface area contributed by atoms with E-state index in [0.717, 1.165) is 22.2 Å². The fourth-order valence-electron chi connectivity index (χ4n) is 3.61. The summed E-state index contributed by atoms with van der Waals surface area (Å²) in [6.07, 6.45) is 0.0851. The van der Waals surface area contributed by atoms with Gasteiger partial charge >= 0.3 is 0 Å². The first kappa shape index (κ1) is 21.9. The van der Waals surface area contributed by atoms with Gasteiger partial charge in [0.05, 0.1) is 12.3 Å². The molecule has 3 aromatic rings. The van der Waals surface area contributed by atoms with E-state index in [9.17, 15) is 9.59 Å². The van der Waals surface area contributed by atoms with Crippen LogP contribution in [0.4, 0.5) is 11.4 Å². The van der Waals surface area contributed by atoms with Crippen LogP contribution in [0.1, 0.15) is 20.3 Å². The molecule has 6 nitrogen and oxygen atoms in total. The highest BCUT2D eigenvalue weighted by atomic mass is 32.2. The van der Waals surface area contributed by atoms with Gasteiger partial charge in [-0.3, -0.25) is 14.5 Å². The minimum Gasteiger partial charge on any atom is -0.494 e. The number of anilines is 1. The van der Waals surface area contributed by atoms with E-state index in [1.807, 2.05) is 68.4 Å². The number of amides is 2. The molecule has 1 aliphatic rings. The van der Waals surface area contributed by atoms with Gasteiger partial charge in [0, 0.05) is 24.0 Å². The lowest BCUT2D eigenvalue weighted by molar-refractivity contribution is -0.128. The highest BCUT2D eigenvalue weighted by molar-refractivity contribution is 8.15. The van der Waals surface area contributed by atoms with E-state index >= 15 is 0 Å². The predicted octanol–water partition coefficient (Wildman–Crippen LogP) is 5.22. The molecule has 4 rings (SSSR count). The third-order valence-corrected chi connectivity index (χ3v) is 6.31. The van der Waals surface area contributed by atoms with Crippen molar-refractivity contribution < 1.29 is 14.3 Å². The second-order valence-electron chi connectivity index (χ2n) is 7.29. The summed E-state index contributed by atoms with van der Waals surface area (Å²) in [5, 5.41) is 5.13. The maximum atomic E-state index is 12.9. The molecule has 0 radical (unpaired) electrons. The Bertz CT molecular complexity index is 1160. The summed E-state index contributed by atoms with van der Waals surface area (Å²) in [4.78, 5) is 32.0. The van der Waals surface area contributed by atoms with Crippen molar-refractivity contribution in [1.29, 1.82) is 0 Å². The monoisotopic (exact) mass is 447 g/mol. The van der Waals surface area contributed by atoms with Crippen LogP contribution in [0, 0.1) is 0 Å². The summed E-state index contributed by atoms with van der Waals surface area (Å²) in [5.41, 5.74) is 1.49. The molecule has 1 aliphatic heterocycles. The SMILES string of the molecule is CCOc1ccc(NC(=O)CC2SC(=Nc3cccc4ccccc34)N(CC)C2=O)cc1. The summed E-state index contributed by atoms with van der Waals surface area (Å²) in [6, 6.07) is 21.2. The molecular formula is C25H25N3O3S. The first-order valence-corrected chi connectivity index (χ1v) is 11.5. The number of benzene rings is 3. The van der Waals surface area contributed by atoms with Crippen LogP contribution in [0.5, 0.6) is 5.75 Å². The Labute approximate surface area is 191 Å². The van der Waals surface area contributed by atoms with Crippen molar-refractivity contribution in [3.05, 3.63) is 66.7 Å². The number of hydrogen-bond acceptors (Lipinski definition) is 5. The van der Waals surface area contributed by atoms with Crippen LogP contribution >= 0.6 is 11.8 Å². The maximum Gasteiger partial charge on any atom is 0.242 e. The molecular weight excluding hydrogens is 422 g/mol. The van der Waals surface area contributed by atoms with E-state index in [0.29, 0.717) is 24.0 Å². The second kappa shape index (κ2) is 9.87. The van der Waals surface area contributed by atoms with Gasteiger partial charge in [-0.05, 0) is 49.6 Å². The first-order chi connectivity index (χ1) is 15.6. The standard InChI is InChI=1S/C25H25N3O3S/c1-3-28-24(30)22(16-23(29)26-18-12-14-19(15-13-18)31-4-2)32-25(28)27-21-11-7-9-17-8-5-6-10-20(17)21/h5-15,22H,3-4,16H2,1-2H3,(H,26,29). The number of ether oxygens (including phenoxy) is 1. The van der Waals surface area contributed by atoms with Crippen molar-refractivity contribution in [2.45, 2.75) is 25.5 Å². The predicted molar refractivity (Wildman–Crippen MR) is 131 cm³/mol. The van der Waals surface area contributed by atoms with Gasteiger partial charge in [-0.15, -0.1) is 0 Å². The largest absolute Gasteiger partial charge is 0.494 e. The van der Waals surface area contributed by atoms with Gasteiger partial charge in [-0.25, -0.2) is 4.99 Å². The Balaban J connectivity index is 1.48. The van der Waals surface area contributed by atoms with E-state index in [2.05, 4.69) is 5.32 Å². The molecule has 1 heterocycles. The third-order valence-electron chi connectivity index (χ3n) is 5.14. The van der Waals surface area contributed by atoms with E-state index in [4.69, 9.17) is 9.73 Å². The van der Waals surface area contributed by atoms with Gasteiger partial charge in [-0.2, -0.15) is 0 Å². The van der Waals surface area contributed by atoms with Crippen molar-refractivity contribution in [3.63, 3.8) is 0 Å². The second-order valence-corrected chi connectivity index (χ2v) is 8.46. The van der Waals surface area contributed by atoms with E-state index in [1.165, 1.54) is 11.8 Å². The Morgan fingerprint density at radius 3 is 2.56 bits per heavy atom. The number of thioether (sulfide) groups is 1. The number of nitrogens with one attached hydrogen (secondary N) is 1. The topological polar surface area (TPSA) is 71.0 Å². The summed E-state index contributed by atoms with van der Waals surface area (Å²) in [5.74, 6) is 0.459. The number of carbonyl (C=O) groups excluding carboxylic acids is 2. The summed E-state index contributed by atoms with van der Waals surface area (Å²) in [7, 11) is 0. The molecule has 2 amide bonds. The van der Waals surface area contributed by atoms with Crippen LogP contribution in [-0.4, -0.2) is 40.3 Å². The molecule has 1 fully saturated rings. The zero-order valence-corrected chi connectivity index (χ0v) is 18.9. The number of amidine groups is 1. The van der Waals surface area contributed by atoms with Gasteiger partial charge < -0.3 is 10.1 Å². The van der Waals surface area contributed by atoms with Crippen LogP contribution in [0.3, 0.4) is 0 Å². The highest BCUT2D eigenvalue weighted by Gasteiger charge is 2.38. The van der Waals surface area contributed by atoms with E-state index < -0.39 is 5.25 Å². The van der Waals surface area contributed by atoms with Crippen LogP contribution < -0.4 is 10.1 Å². The van der Waals surface area contributed by atoms with Crippen molar-refractivity contribution >= 4 is 50.9 Å². The number of rotatable bonds is 7. The summed E-state index contributed by atoms with van der Waals surface area (Å²) < 4.78 is 5.42. The number of aliphatic imine (C=N–C) groups is 1. The zero-order valence-electron chi connectivity index (χ0n) is 18.1. The average molecular weight is 448 g/mol. The molecule has 164 valence electrons. The summed E-state index contributed by atoms with van der Waals surface area (Å²) in [6.45, 7) is 4.93. The van der Waals surface area contributed by atoms with Gasteiger partial charge in [0.1, 0.15) is 11.0 Å². The molecule has 0 saturated carbocycles. The van der Waals surface area contributed by atoms with Gasteiger partial charge in [0.25, 0.3) is 0 Å². The number of carbonyl (C=O) groups is 2. The molecule has 3 aromatic carbocycles. The Morgan fingerprint density at radius 2 is 1.81 bits per heavy atom. The molecule has 1 saturated heterocycles. The molecule has 1 N–H and O–H groups in total. The lowest BCUT2D eigenvalue weighted by Crippen LogP contribution is -2.33. The highest BCUT2D eigenvalue weighted by Crippen LogP contribution is 2.34. The van der Waals surface area contributed by atoms with E-state index in [-0.39, 0.29) is 18.2 Å². The van der Waals surface area contributed by atoms with Crippen molar-refractivity contribution in [2.75, 3.05) is 18.5 Å². The zero-order chi connectivity index (χ0) is 22.5. The van der Waals surface area contributed by atoms with Gasteiger partial charge in [0.15, 0.2) is 5.17 Å². The Hall–Kier alpha value is -3.32. The fraction of sp³-hybridized carbons (Fsp3) is 0.240. The first-order valence-electron chi connectivity index (χ1n) is 10.7. The lowest BCUT2D eigenvalue weighted by atomic mass is 10.1. The maximum absolute atomic E-state index is 12.9. The minimum absolute atomic E-state index is 0.0849. The fourth-order valence-corrected chi connectivity index (χ4v) is 4.82. The number of hydrogen-bond donors (Lipinski definition) is 1. The lowest BCUT2D eigenvalue weighted by Gasteiger charge is -2.13. The van der Waals surface area contributed by atoms with Crippen molar-refractivity contribution in [2.24, 2.45) is 4.99 Å². The van der Waals surface area contributed by atoms with Crippen LogP contribution in [0.25, 0.3) is 10.8 Å². The quantitative estimate of drug-likeness (QED) is 0.539. The normalized spacial score (nSPS) is 17.2. The molecule has 1 unspecified atom stereocenters. The molecule has 0 spiro atoms. The Morgan fingerprint density at radius 1 is 1.06 bits per heavy atom. The van der Waals surface area contributed by atoms with Crippen molar-refractivity contribution in [1.82, 2.24) is 4.90 Å². The third kappa shape index (κ3) is 4.78. The van der Waals surface area contributed by atoms with Gasteiger partial charge in [0.2, 0.25) is 11.8 Å². The Kier molecular flexibility index (Phi) is 6.75. The molecule has 0 aromatic heterocycles. The molecule has 7 heteroatoms. The molecule has 0 aliphatic carbocycles. The van der Waals surface area contributed by atoms with Crippen LogP contribution in [-0.2, 0) is 9.59 Å². The smallest absolute Gasteiger partial charge is 0.242 e. The molecule has 0 bridgehead atoms. The summed E-state index contributed by atoms with van der Waals surface area (Å²) >= 11 is 1.35. The minimum atomic E-state index is -0.494. The molecule has 32 heavy (non-hydrogen) atoms. The van der Waals surface area contributed by atoms with Crippen LogP contribution in [0.15, 0.2) is 71.7 Å². The van der Waals surface area contributed by atoms with Gasteiger partial charge in [-0.1, -0.05) is 48.2 Å². The van der Waals surface area contributed by atoms with Crippen molar-refractivity contribution in [3.8, 4) is 5.75 Å². The number of nitrogens with zero attached hydrogens (tertiary/aromatic N) is 2. The number of fused-ring (bicyclic) bond motifs is 1. The average Bonchev–Trinajstić information content (AvgIpc) is 3.09.